The summed E-state index contributed by atoms with van der Waals surface area (Å²) in [5.74, 6) is -1.15. The number of hydrogen-bond donors (Lipinski definition) is 2. The Hall–Kier alpha value is -1.78. The standard InChI is InChI=1S/C14H20N2O3/c1-14(6-2-3-7-14)10-15-12(17)9-16-8-4-5-11(16)13(18)19/h4-5,8H,2-3,6-7,9-10H2,1H3,(H,15,17)(H,18,19). The van der Waals surface area contributed by atoms with Gasteiger partial charge in [0.05, 0.1) is 0 Å². The summed E-state index contributed by atoms with van der Waals surface area (Å²) in [5, 5.41) is 11.9. The second-order valence-electron chi connectivity index (χ2n) is 5.62. The van der Waals surface area contributed by atoms with Crippen LogP contribution >= 0.6 is 0 Å². The first-order valence-corrected chi connectivity index (χ1v) is 6.65. The number of carboxylic acids is 1. The van der Waals surface area contributed by atoms with Crippen molar-refractivity contribution in [2.24, 2.45) is 5.41 Å². The van der Waals surface area contributed by atoms with Gasteiger partial charge in [0.25, 0.3) is 0 Å². The van der Waals surface area contributed by atoms with E-state index in [-0.39, 0.29) is 23.6 Å². The minimum absolute atomic E-state index is 0.0602. The van der Waals surface area contributed by atoms with Gasteiger partial charge in [0, 0.05) is 12.7 Å². The molecule has 19 heavy (non-hydrogen) atoms. The van der Waals surface area contributed by atoms with Gasteiger partial charge in [-0.05, 0) is 30.4 Å². The van der Waals surface area contributed by atoms with E-state index in [2.05, 4.69) is 12.2 Å². The van der Waals surface area contributed by atoms with Crippen molar-refractivity contribution in [3.8, 4) is 0 Å². The zero-order chi connectivity index (χ0) is 13.9. The lowest BCUT2D eigenvalue weighted by atomic mass is 9.89. The van der Waals surface area contributed by atoms with Crippen molar-refractivity contribution >= 4 is 11.9 Å². The molecule has 2 rings (SSSR count). The van der Waals surface area contributed by atoms with Crippen LogP contribution in [0.1, 0.15) is 43.1 Å². The third kappa shape index (κ3) is 3.36. The zero-order valence-electron chi connectivity index (χ0n) is 11.2. The average Bonchev–Trinajstić information content (AvgIpc) is 2.96. The molecule has 0 aliphatic heterocycles. The first-order valence-electron chi connectivity index (χ1n) is 6.65. The van der Waals surface area contributed by atoms with Crippen molar-refractivity contribution in [3.05, 3.63) is 24.0 Å². The number of amides is 1. The van der Waals surface area contributed by atoms with Crippen molar-refractivity contribution in [1.82, 2.24) is 9.88 Å². The number of hydrogen-bond acceptors (Lipinski definition) is 2. The Morgan fingerprint density at radius 1 is 1.42 bits per heavy atom. The van der Waals surface area contributed by atoms with Gasteiger partial charge in [-0.15, -0.1) is 0 Å². The summed E-state index contributed by atoms with van der Waals surface area (Å²) in [6.45, 7) is 2.93. The maximum absolute atomic E-state index is 11.9. The van der Waals surface area contributed by atoms with Crippen LogP contribution in [0, 0.1) is 5.41 Å². The lowest BCUT2D eigenvalue weighted by molar-refractivity contribution is -0.122. The number of carboxylic acid groups (broad SMARTS) is 1. The molecule has 0 radical (unpaired) electrons. The second-order valence-corrected chi connectivity index (χ2v) is 5.62. The van der Waals surface area contributed by atoms with E-state index in [1.54, 1.807) is 12.3 Å². The average molecular weight is 264 g/mol. The highest BCUT2D eigenvalue weighted by molar-refractivity contribution is 5.86. The first-order chi connectivity index (χ1) is 9.00. The highest BCUT2D eigenvalue weighted by Gasteiger charge is 2.28. The van der Waals surface area contributed by atoms with Gasteiger partial charge < -0.3 is 15.0 Å². The predicted octanol–water partition coefficient (Wildman–Crippen LogP) is 1.88. The van der Waals surface area contributed by atoms with E-state index >= 15 is 0 Å². The fourth-order valence-electron chi connectivity index (χ4n) is 2.67. The molecule has 1 aromatic rings. The topological polar surface area (TPSA) is 71.3 Å². The van der Waals surface area contributed by atoms with E-state index in [0.29, 0.717) is 6.54 Å². The number of aromatic nitrogens is 1. The second kappa shape index (κ2) is 5.47. The van der Waals surface area contributed by atoms with Crippen LogP contribution in [0.2, 0.25) is 0 Å². The molecule has 0 spiro atoms. The molecule has 1 aliphatic rings. The fourth-order valence-corrected chi connectivity index (χ4v) is 2.67. The van der Waals surface area contributed by atoms with Crippen LogP contribution in [0.25, 0.3) is 0 Å². The number of aromatic carboxylic acids is 1. The van der Waals surface area contributed by atoms with E-state index in [0.717, 1.165) is 12.8 Å². The van der Waals surface area contributed by atoms with Crippen LogP contribution in [-0.4, -0.2) is 28.1 Å². The van der Waals surface area contributed by atoms with Gasteiger partial charge in [-0.25, -0.2) is 4.79 Å². The molecule has 2 N–H and O–H groups in total. The molecular formula is C14H20N2O3. The van der Waals surface area contributed by atoms with Crippen molar-refractivity contribution in [3.63, 3.8) is 0 Å². The summed E-state index contributed by atoms with van der Waals surface area (Å²) in [4.78, 5) is 22.8. The molecule has 0 saturated heterocycles. The van der Waals surface area contributed by atoms with Crippen molar-refractivity contribution < 1.29 is 14.7 Å². The van der Waals surface area contributed by atoms with E-state index in [4.69, 9.17) is 5.11 Å². The molecule has 1 fully saturated rings. The van der Waals surface area contributed by atoms with Crippen molar-refractivity contribution in [2.45, 2.75) is 39.2 Å². The third-order valence-electron chi connectivity index (χ3n) is 3.89. The summed E-state index contributed by atoms with van der Waals surface area (Å²) in [5.41, 5.74) is 0.351. The van der Waals surface area contributed by atoms with E-state index in [1.807, 2.05) is 0 Å². The van der Waals surface area contributed by atoms with Gasteiger partial charge in [-0.3, -0.25) is 4.79 Å². The lowest BCUT2D eigenvalue weighted by Gasteiger charge is -2.23. The Morgan fingerprint density at radius 3 is 2.74 bits per heavy atom. The Balaban J connectivity index is 1.87. The summed E-state index contributed by atoms with van der Waals surface area (Å²) in [6.07, 6.45) is 6.37. The molecule has 1 aromatic heterocycles. The van der Waals surface area contributed by atoms with Crippen LogP contribution in [0.15, 0.2) is 18.3 Å². The Morgan fingerprint density at radius 2 is 2.11 bits per heavy atom. The molecule has 1 heterocycles. The van der Waals surface area contributed by atoms with Crippen LogP contribution < -0.4 is 5.32 Å². The van der Waals surface area contributed by atoms with E-state index in [9.17, 15) is 9.59 Å². The molecule has 1 aliphatic carbocycles. The maximum atomic E-state index is 11.9. The van der Waals surface area contributed by atoms with Crippen LogP contribution in [0.4, 0.5) is 0 Å². The monoisotopic (exact) mass is 264 g/mol. The molecule has 0 aromatic carbocycles. The van der Waals surface area contributed by atoms with Gasteiger partial charge in [0.2, 0.25) is 5.91 Å². The Bertz CT molecular complexity index is 473. The van der Waals surface area contributed by atoms with Gasteiger partial charge in [-0.1, -0.05) is 19.8 Å². The zero-order valence-corrected chi connectivity index (χ0v) is 11.2. The van der Waals surface area contributed by atoms with Gasteiger partial charge >= 0.3 is 5.97 Å². The van der Waals surface area contributed by atoms with Gasteiger partial charge in [0.15, 0.2) is 0 Å². The predicted molar refractivity (Wildman–Crippen MR) is 71.0 cm³/mol. The molecule has 1 saturated carbocycles. The third-order valence-corrected chi connectivity index (χ3v) is 3.89. The maximum Gasteiger partial charge on any atom is 0.352 e. The van der Waals surface area contributed by atoms with Crippen LogP contribution in [0.5, 0.6) is 0 Å². The molecule has 5 nitrogen and oxygen atoms in total. The highest BCUT2D eigenvalue weighted by Crippen LogP contribution is 2.36. The summed E-state index contributed by atoms with van der Waals surface area (Å²) in [6, 6.07) is 3.13. The number of carbonyl (C=O) groups is 2. The van der Waals surface area contributed by atoms with Gasteiger partial charge in [0.1, 0.15) is 12.2 Å². The van der Waals surface area contributed by atoms with Crippen molar-refractivity contribution in [2.75, 3.05) is 6.54 Å². The number of rotatable bonds is 5. The number of nitrogens with one attached hydrogen (secondary N) is 1. The largest absolute Gasteiger partial charge is 0.477 e. The van der Waals surface area contributed by atoms with E-state index < -0.39 is 5.97 Å². The summed E-state index contributed by atoms with van der Waals surface area (Å²) in [7, 11) is 0. The SMILES string of the molecule is CC1(CNC(=O)Cn2cccc2C(=O)O)CCCC1. The molecule has 0 bridgehead atoms. The normalized spacial score (nSPS) is 17.3. The number of nitrogens with zero attached hydrogens (tertiary/aromatic N) is 1. The van der Waals surface area contributed by atoms with Gasteiger partial charge in [-0.2, -0.15) is 0 Å². The Kier molecular flexibility index (Phi) is 3.93. The molecular weight excluding hydrogens is 244 g/mol. The molecule has 0 unspecified atom stereocenters. The smallest absolute Gasteiger partial charge is 0.352 e. The molecule has 1 amide bonds. The van der Waals surface area contributed by atoms with Crippen LogP contribution in [0.3, 0.4) is 0 Å². The highest BCUT2D eigenvalue weighted by atomic mass is 16.4. The molecule has 0 atom stereocenters. The van der Waals surface area contributed by atoms with Crippen molar-refractivity contribution in [1.29, 1.82) is 0 Å². The molecule has 5 heteroatoms. The molecule has 104 valence electrons. The fraction of sp³-hybridized carbons (Fsp3) is 0.571. The summed E-state index contributed by atoms with van der Waals surface area (Å²) < 4.78 is 1.45. The quantitative estimate of drug-likeness (QED) is 0.853. The Labute approximate surface area is 112 Å². The lowest BCUT2D eigenvalue weighted by Crippen LogP contribution is -2.36. The minimum atomic E-state index is -1.01. The minimum Gasteiger partial charge on any atom is -0.477 e. The number of carbonyl (C=O) groups excluding carboxylic acids is 1. The summed E-state index contributed by atoms with van der Waals surface area (Å²) >= 11 is 0. The first kappa shape index (κ1) is 13.6. The van der Waals surface area contributed by atoms with E-state index in [1.165, 1.54) is 23.5 Å². The van der Waals surface area contributed by atoms with Crippen LogP contribution in [-0.2, 0) is 11.3 Å².